The number of halogens is 1. The van der Waals surface area contributed by atoms with E-state index in [1.807, 2.05) is 6.92 Å². The largest absolute Gasteiger partial charge is 0.312 e. The van der Waals surface area contributed by atoms with Crippen LogP contribution in [0.5, 0.6) is 0 Å². The molecule has 0 aliphatic heterocycles. The SMILES string of the molecule is CCNCc1cc(S(=O)(=O)Nc2ccc(C)cc2F)cs1. The predicted molar refractivity (Wildman–Crippen MR) is 83.6 cm³/mol. The third-order valence-corrected chi connectivity index (χ3v) is 5.29. The highest BCUT2D eigenvalue weighted by atomic mass is 32.2. The summed E-state index contributed by atoms with van der Waals surface area (Å²) in [5.41, 5.74) is 0.693. The van der Waals surface area contributed by atoms with Crippen LogP contribution in [0.3, 0.4) is 0 Å². The lowest BCUT2D eigenvalue weighted by molar-refractivity contribution is 0.598. The van der Waals surface area contributed by atoms with Crippen LogP contribution in [0.25, 0.3) is 0 Å². The highest BCUT2D eigenvalue weighted by molar-refractivity contribution is 7.92. The van der Waals surface area contributed by atoms with Gasteiger partial charge in [0.15, 0.2) is 0 Å². The van der Waals surface area contributed by atoms with Gasteiger partial charge in [0.1, 0.15) is 5.82 Å². The topological polar surface area (TPSA) is 58.2 Å². The van der Waals surface area contributed by atoms with Gasteiger partial charge >= 0.3 is 0 Å². The second-order valence-corrected chi connectivity index (χ2v) is 7.30. The lowest BCUT2D eigenvalue weighted by Gasteiger charge is -2.08. The second-order valence-electron chi connectivity index (χ2n) is 4.62. The molecule has 0 bridgehead atoms. The van der Waals surface area contributed by atoms with Crippen molar-refractivity contribution >= 4 is 27.0 Å². The summed E-state index contributed by atoms with van der Waals surface area (Å²) in [5, 5.41) is 4.69. The Morgan fingerprint density at radius 3 is 2.71 bits per heavy atom. The van der Waals surface area contributed by atoms with E-state index in [4.69, 9.17) is 0 Å². The number of thiophene rings is 1. The summed E-state index contributed by atoms with van der Waals surface area (Å²) in [6.45, 7) is 5.16. The molecule has 0 saturated carbocycles. The average Bonchev–Trinajstić information content (AvgIpc) is 2.89. The van der Waals surface area contributed by atoms with Crippen LogP contribution in [0, 0.1) is 12.7 Å². The molecule has 2 N–H and O–H groups in total. The van der Waals surface area contributed by atoms with Gasteiger partial charge in [0.2, 0.25) is 0 Å². The smallest absolute Gasteiger partial charge is 0.262 e. The maximum Gasteiger partial charge on any atom is 0.262 e. The molecule has 0 radical (unpaired) electrons. The molecule has 2 aromatic rings. The zero-order chi connectivity index (χ0) is 15.5. The first kappa shape index (κ1) is 15.9. The van der Waals surface area contributed by atoms with Gasteiger partial charge in [-0.2, -0.15) is 0 Å². The number of sulfonamides is 1. The number of nitrogens with one attached hydrogen (secondary N) is 2. The van der Waals surface area contributed by atoms with E-state index < -0.39 is 15.8 Å². The first-order valence-corrected chi connectivity index (χ1v) is 8.86. The van der Waals surface area contributed by atoms with Crippen LogP contribution >= 0.6 is 11.3 Å². The molecule has 0 spiro atoms. The van der Waals surface area contributed by atoms with Gasteiger partial charge in [-0.3, -0.25) is 4.72 Å². The number of aryl methyl sites for hydroxylation is 1. The minimum Gasteiger partial charge on any atom is -0.312 e. The first-order valence-electron chi connectivity index (χ1n) is 6.49. The standard InChI is InChI=1S/C14H17FN2O2S2/c1-3-16-8-11-7-12(9-20-11)21(18,19)17-14-5-4-10(2)6-13(14)15/h4-7,9,16-17H,3,8H2,1-2H3. The Hall–Kier alpha value is -1.44. The quantitative estimate of drug-likeness (QED) is 0.856. The van der Waals surface area contributed by atoms with Crippen molar-refractivity contribution in [1.82, 2.24) is 5.32 Å². The third-order valence-electron chi connectivity index (χ3n) is 2.86. The Morgan fingerprint density at radius 1 is 1.29 bits per heavy atom. The number of rotatable bonds is 6. The molecule has 0 saturated heterocycles. The van der Waals surface area contributed by atoms with Gasteiger partial charge in [-0.25, -0.2) is 12.8 Å². The van der Waals surface area contributed by atoms with E-state index in [0.717, 1.165) is 17.0 Å². The molecule has 0 atom stereocenters. The van der Waals surface area contributed by atoms with Crippen LogP contribution in [0.4, 0.5) is 10.1 Å². The maximum atomic E-state index is 13.7. The predicted octanol–water partition coefficient (Wildman–Crippen LogP) is 3.11. The lowest BCUT2D eigenvalue weighted by Crippen LogP contribution is -2.13. The van der Waals surface area contributed by atoms with Crippen molar-refractivity contribution < 1.29 is 12.8 Å². The van der Waals surface area contributed by atoms with Crippen molar-refractivity contribution in [2.45, 2.75) is 25.3 Å². The Balaban J connectivity index is 2.19. The highest BCUT2D eigenvalue weighted by Crippen LogP contribution is 2.23. The molecule has 2 rings (SSSR count). The van der Waals surface area contributed by atoms with E-state index >= 15 is 0 Å². The minimum atomic E-state index is -3.76. The Bertz CT molecular complexity index is 726. The molecule has 21 heavy (non-hydrogen) atoms. The highest BCUT2D eigenvalue weighted by Gasteiger charge is 2.18. The van der Waals surface area contributed by atoms with Gasteiger partial charge in [-0.15, -0.1) is 11.3 Å². The fraction of sp³-hybridized carbons (Fsp3) is 0.286. The van der Waals surface area contributed by atoms with Crippen molar-refractivity contribution in [2.24, 2.45) is 0 Å². The molecule has 1 aromatic heterocycles. The molecule has 0 aliphatic carbocycles. The summed E-state index contributed by atoms with van der Waals surface area (Å²) in [5.74, 6) is -0.582. The minimum absolute atomic E-state index is 0.0416. The Kier molecular flexibility index (Phi) is 4.97. The third kappa shape index (κ3) is 4.03. The van der Waals surface area contributed by atoms with Crippen LogP contribution in [0.15, 0.2) is 34.5 Å². The summed E-state index contributed by atoms with van der Waals surface area (Å²) in [6.07, 6.45) is 0. The molecule has 114 valence electrons. The van der Waals surface area contributed by atoms with Gasteiger partial charge in [-0.05, 0) is 37.2 Å². The summed E-state index contributed by atoms with van der Waals surface area (Å²) in [6, 6.07) is 5.98. The second kappa shape index (κ2) is 6.55. The average molecular weight is 328 g/mol. The number of benzene rings is 1. The van der Waals surface area contributed by atoms with E-state index in [2.05, 4.69) is 10.0 Å². The summed E-state index contributed by atoms with van der Waals surface area (Å²) < 4.78 is 40.5. The summed E-state index contributed by atoms with van der Waals surface area (Å²) in [7, 11) is -3.76. The number of anilines is 1. The molecule has 1 heterocycles. The van der Waals surface area contributed by atoms with Crippen LogP contribution in [-0.4, -0.2) is 15.0 Å². The van der Waals surface area contributed by atoms with Gasteiger partial charge in [0.05, 0.1) is 10.6 Å². The van der Waals surface area contributed by atoms with Crippen LogP contribution in [-0.2, 0) is 16.6 Å². The molecule has 0 amide bonds. The van der Waals surface area contributed by atoms with Gasteiger partial charge in [0, 0.05) is 16.8 Å². The molecule has 7 heteroatoms. The molecule has 0 fully saturated rings. The van der Waals surface area contributed by atoms with Gasteiger partial charge < -0.3 is 5.32 Å². The monoisotopic (exact) mass is 328 g/mol. The fourth-order valence-corrected chi connectivity index (χ4v) is 4.06. The zero-order valence-corrected chi connectivity index (χ0v) is 13.4. The van der Waals surface area contributed by atoms with Crippen LogP contribution < -0.4 is 10.0 Å². The molecular formula is C14H17FN2O2S2. The van der Waals surface area contributed by atoms with E-state index in [1.54, 1.807) is 24.4 Å². The molecule has 0 unspecified atom stereocenters. The zero-order valence-electron chi connectivity index (χ0n) is 11.8. The summed E-state index contributed by atoms with van der Waals surface area (Å²) >= 11 is 1.36. The van der Waals surface area contributed by atoms with E-state index in [1.165, 1.54) is 23.5 Å². The van der Waals surface area contributed by atoms with Crippen molar-refractivity contribution in [3.05, 3.63) is 45.9 Å². The van der Waals surface area contributed by atoms with Crippen molar-refractivity contribution in [3.63, 3.8) is 0 Å². The molecular weight excluding hydrogens is 311 g/mol. The fourth-order valence-electron chi connectivity index (χ4n) is 1.75. The van der Waals surface area contributed by atoms with Crippen LogP contribution in [0.1, 0.15) is 17.4 Å². The van der Waals surface area contributed by atoms with Gasteiger partial charge in [-0.1, -0.05) is 13.0 Å². The summed E-state index contributed by atoms with van der Waals surface area (Å²) in [4.78, 5) is 1.07. The van der Waals surface area contributed by atoms with Crippen molar-refractivity contribution in [1.29, 1.82) is 0 Å². The van der Waals surface area contributed by atoms with Gasteiger partial charge in [0.25, 0.3) is 10.0 Å². The lowest BCUT2D eigenvalue weighted by atomic mass is 10.2. The van der Waals surface area contributed by atoms with E-state index in [9.17, 15) is 12.8 Å². The molecule has 0 aliphatic rings. The van der Waals surface area contributed by atoms with Crippen LogP contribution in [0.2, 0.25) is 0 Å². The van der Waals surface area contributed by atoms with E-state index in [-0.39, 0.29) is 10.6 Å². The molecule has 4 nitrogen and oxygen atoms in total. The first-order chi connectivity index (χ1) is 9.92. The number of hydrogen-bond acceptors (Lipinski definition) is 4. The molecule has 1 aromatic carbocycles. The van der Waals surface area contributed by atoms with E-state index in [0.29, 0.717) is 6.54 Å². The normalized spacial score (nSPS) is 11.6. The number of hydrogen-bond donors (Lipinski definition) is 2. The Labute approximate surface area is 128 Å². The van der Waals surface area contributed by atoms with Crippen molar-refractivity contribution in [3.8, 4) is 0 Å². The maximum absolute atomic E-state index is 13.7. The Morgan fingerprint density at radius 2 is 2.05 bits per heavy atom. The van der Waals surface area contributed by atoms with Crippen molar-refractivity contribution in [2.75, 3.05) is 11.3 Å².